The van der Waals surface area contributed by atoms with Crippen molar-refractivity contribution in [3.8, 4) is 0 Å². The number of hydrogen-bond donors (Lipinski definition) is 0. The first kappa shape index (κ1) is 13.2. The topological polar surface area (TPSA) is 26.3 Å². The van der Waals surface area contributed by atoms with E-state index in [2.05, 4.69) is 0 Å². The van der Waals surface area contributed by atoms with Crippen molar-refractivity contribution < 1.29 is 22.7 Å². The van der Waals surface area contributed by atoms with Crippen LogP contribution >= 0.6 is 0 Å². The Bertz CT molecular complexity index is 555. The van der Waals surface area contributed by atoms with Crippen molar-refractivity contribution in [2.45, 2.75) is 24.6 Å². The quantitative estimate of drug-likeness (QED) is 0.628. The van der Waals surface area contributed by atoms with Crippen LogP contribution in [0.5, 0.6) is 0 Å². The fourth-order valence-electron chi connectivity index (χ4n) is 2.90. The van der Waals surface area contributed by atoms with E-state index in [4.69, 9.17) is 4.74 Å². The van der Waals surface area contributed by atoms with Gasteiger partial charge >= 0.3 is 5.97 Å². The SMILES string of the molecule is O=C(OCc1ccccc1)C1(F)C2C=CC(C2)C1(F)F. The number of rotatable bonds is 3. The number of halogens is 3. The summed E-state index contributed by atoms with van der Waals surface area (Å²) in [5.74, 6) is -7.46. The van der Waals surface area contributed by atoms with Crippen LogP contribution in [0.3, 0.4) is 0 Å². The summed E-state index contributed by atoms with van der Waals surface area (Å²) in [7, 11) is 0. The summed E-state index contributed by atoms with van der Waals surface area (Å²) < 4.78 is 47.3. The van der Waals surface area contributed by atoms with E-state index in [9.17, 15) is 18.0 Å². The molecule has 106 valence electrons. The fourth-order valence-corrected chi connectivity index (χ4v) is 2.90. The minimum absolute atomic E-state index is 0.0378. The maximum atomic E-state index is 14.6. The molecule has 20 heavy (non-hydrogen) atoms. The van der Waals surface area contributed by atoms with Crippen LogP contribution in [0.2, 0.25) is 0 Å². The molecular weight excluding hydrogens is 269 g/mol. The lowest BCUT2D eigenvalue weighted by molar-refractivity contribution is -0.194. The van der Waals surface area contributed by atoms with Gasteiger partial charge in [0, 0.05) is 11.8 Å². The zero-order valence-electron chi connectivity index (χ0n) is 10.6. The molecule has 0 aromatic heterocycles. The number of carbonyl (C=O) groups is 1. The first-order valence-corrected chi connectivity index (χ1v) is 6.42. The molecule has 2 nitrogen and oxygen atoms in total. The number of allylic oxidation sites excluding steroid dienone is 2. The van der Waals surface area contributed by atoms with E-state index in [0.717, 1.165) is 0 Å². The molecule has 1 aromatic carbocycles. The van der Waals surface area contributed by atoms with Gasteiger partial charge in [0.05, 0.1) is 0 Å². The third-order valence-electron chi connectivity index (χ3n) is 4.06. The molecule has 0 aliphatic heterocycles. The normalized spacial score (nSPS) is 33.4. The predicted molar refractivity (Wildman–Crippen MR) is 65.8 cm³/mol. The molecule has 1 saturated carbocycles. The van der Waals surface area contributed by atoms with Gasteiger partial charge in [-0.3, -0.25) is 0 Å². The van der Waals surface area contributed by atoms with Crippen LogP contribution in [0.15, 0.2) is 42.5 Å². The summed E-state index contributed by atoms with van der Waals surface area (Å²) in [4.78, 5) is 11.8. The number of esters is 1. The molecular formula is C15H13F3O2. The average molecular weight is 282 g/mol. The summed E-state index contributed by atoms with van der Waals surface area (Å²) in [5, 5.41) is 0. The predicted octanol–water partition coefficient (Wildman–Crippen LogP) is 3.28. The van der Waals surface area contributed by atoms with Gasteiger partial charge in [0.15, 0.2) is 0 Å². The molecule has 0 amide bonds. The number of benzene rings is 1. The van der Waals surface area contributed by atoms with Gasteiger partial charge in [-0.1, -0.05) is 42.5 Å². The van der Waals surface area contributed by atoms with E-state index in [-0.39, 0.29) is 13.0 Å². The van der Waals surface area contributed by atoms with Crippen LogP contribution in [-0.2, 0) is 16.1 Å². The van der Waals surface area contributed by atoms with Crippen molar-refractivity contribution in [3.05, 3.63) is 48.0 Å². The zero-order chi connectivity index (χ0) is 14.4. The van der Waals surface area contributed by atoms with E-state index >= 15 is 0 Å². The third-order valence-corrected chi connectivity index (χ3v) is 4.06. The van der Waals surface area contributed by atoms with Crippen molar-refractivity contribution in [1.82, 2.24) is 0 Å². The standard InChI is InChI=1S/C15H13F3O2/c16-14(11-6-7-12(8-11)15(14,17)18)13(19)20-9-10-4-2-1-3-5-10/h1-7,11-12H,8-9H2. The lowest BCUT2D eigenvalue weighted by Crippen LogP contribution is -2.54. The highest BCUT2D eigenvalue weighted by atomic mass is 19.3. The summed E-state index contributed by atoms with van der Waals surface area (Å²) in [5.41, 5.74) is -2.60. The van der Waals surface area contributed by atoms with Crippen molar-refractivity contribution >= 4 is 5.97 Å². The van der Waals surface area contributed by atoms with Crippen LogP contribution in [0.4, 0.5) is 13.2 Å². The van der Waals surface area contributed by atoms with Crippen molar-refractivity contribution in [2.24, 2.45) is 11.8 Å². The van der Waals surface area contributed by atoms with Crippen LogP contribution in [0, 0.1) is 11.8 Å². The second-order valence-corrected chi connectivity index (χ2v) is 5.23. The molecule has 1 aromatic rings. The molecule has 0 saturated heterocycles. The molecule has 2 aliphatic rings. The van der Waals surface area contributed by atoms with Crippen LogP contribution < -0.4 is 0 Å². The largest absolute Gasteiger partial charge is 0.458 e. The summed E-state index contributed by atoms with van der Waals surface area (Å²) >= 11 is 0. The molecule has 5 heteroatoms. The number of fused-ring (bicyclic) bond motifs is 2. The second-order valence-electron chi connectivity index (χ2n) is 5.23. The van der Waals surface area contributed by atoms with E-state index in [1.54, 1.807) is 30.3 Å². The maximum absolute atomic E-state index is 14.6. The number of hydrogen-bond acceptors (Lipinski definition) is 2. The van der Waals surface area contributed by atoms with Gasteiger partial charge in [-0.2, -0.15) is 0 Å². The Morgan fingerprint density at radius 2 is 1.80 bits per heavy atom. The molecule has 3 rings (SSSR count). The van der Waals surface area contributed by atoms with Crippen molar-refractivity contribution in [3.63, 3.8) is 0 Å². The summed E-state index contributed by atoms with van der Waals surface area (Å²) in [6.07, 6.45) is 2.60. The molecule has 0 heterocycles. The van der Waals surface area contributed by atoms with Crippen molar-refractivity contribution in [2.75, 3.05) is 0 Å². The number of alkyl halides is 3. The molecule has 0 spiro atoms. The Kier molecular flexibility index (Phi) is 2.88. The molecule has 3 unspecified atom stereocenters. The van der Waals surface area contributed by atoms with Gasteiger partial charge in [0.25, 0.3) is 11.6 Å². The van der Waals surface area contributed by atoms with Gasteiger partial charge in [-0.15, -0.1) is 0 Å². The number of ether oxygens (including phenoxy) is 1. The Labute approximate surface area is 114 Å². The maximum Gasteiger partial charge on any atom is 0.351 e. The molecule has 0 radical (unpaired) electrons. The number of carbonyl (C=O) groups excluding carboxylic acids is 1. The van der Waals surface area contributed by atoms with Crippen molar-refractivity contribution in [1.29, 1.82) is 0 Å². The highest BCUT2D eigenvalue weighted by molar-refractivity contribution is 5.83. The lowest BCUT2D eigenvalue weighted by Gasteiger charge is -2.32. The lowest BCUT2D eigenvalue weighted by atomic mass is 9.87. The smallest absolute Gasteiger partial charge is 0.351 e. The first-order valence-electron chi connectivity index (χ1n) is 6.42. The summed E-state index contributed by atoms with van der Waals surface area (Å²) in [6.45, 7) is -0.206. The Morgan fingerprint density at radius 1 is 1.15 bits per heavy atom. The minimum Gasteiger partial charge on any atom is -0.458 e. The Morgan fingerprint density at radius 3 is 2.40 bits per heavy atom. The van der Waals surface area contributed by atoms with Crippen LogP contribution in [0.25, 0.3) is 0 Å². The monoisotopic (exact) mass is 282 g/mol. The van der Waals surface area contributed by atoms with Crippen LogP contribution in [-0.4, -0.2) is 17.6 Å². The highest BCUT2D eigenvalue weighted by Gasteiger charge is 2.74. The van der Waals surface area contributed by atoms with E-state index in [1.165, 1.54) is 12.2 Å². The third kappa shape index (κ3) is 1.69. The van der Waals surface area contributed by atoms with Gasteiger partial charge < -0.3 is 4.74 Å². The average Bonchev–Trinajstić information content (AvgIpc) is 3.00. The van der Waals surface area contributed by atoms with Gasteiger partial charge in [-0.05, 0) is 12.0 Å². The van der Waals surface area contributed by atoms with Gasteiger partial charge in [-0.25, -0.2) is 18.0 Å². The van der Waals surface area contributed by atoms with Crippen LogP contribution in [0.1, 0.15) is 12.0 Å². The van der Waals surface area contributed by atoms with Gasteiger partial charge in [0.1, 0.15) is 6.61 Å². The Hall–Kier alpha value is -1.78. The molecule has 0 N–H and O–H groups in total. The summed E-state index contributed by atoms with van der Waals surface area (Å²) in [6, 6.07) is 8.58. The minimum atomic E-state index is -3.69. The van der Waals surface area contributed by atoms with Gasteiger partial charge in [0.2, 0.25) is 0 Å². The first-order chi connectivity index (χ1) is 9.46. The van der Waals surface area contributed by atoms with E-state index in [1.807, 2.05) is 0 Å². The van der Waals surface area contributed by atoms with E-state index in [0.29, 0.717) is 5.56 Å². The molecule has 2 aliphatic carbocycles. The fraction of sp³-hybridized carbons (Fsp3) is 0.400. The second kappa shape index (κ2) is 4.36. The Balaban J connectivity index is 1.76. The zero-order valence-corrected chi connectivity index (χ0v) is 10.6. The molecule has 1 fully saturated rings. The van der Waals surface area contributed by atoms with E-state index < -0.39 is 29.4 Å². The highest BCUT2D eigenvalue weighted by Crippen LogP contribution is 2.58. The molecule has 3 atom stereocenters. The molecule has 2 bridgehead atoms.